The molecule has 0 bridgehead atoms. The van der Waals surface area contributed by atoms with Gasteiger partial charge in [-0.3, -0.25) is 0 Å². The second-order valence-corrected chi connectivity index (χ2v) is 6.14. The summed E-state index contributed by atoms with van der Waals surface area (Å²) in [5.41, 5.74) is 3.17. The van der Waals surface area contributed by atoms with Gasteiger partial charge in [-0.1, -0.05) is 24.3 Å². The maximum absolute atomic E-state index is 13.6. The molecule has 1 aliphatic heterocycles. The van der Waals surface area contributed by atoms with Crippen molar-refractivity contribution in [1.82, 2.24) is 0 Å². The van der Waals surface area contributed by atoms with Crippen LogP contribution in [-0.2, 0) is 0 Å². The zero-order valence-electron chi connectivity index (χ0n) is 12.4. The Hall–Kier alpha value is -2.62. The maximum atomic E-state index is 13.6. The number of rotatable bonds is 2. The number of hydrogen-bond donors (Lipinski definition) is 2. The van der Waals surface area contributed by atoms with Gasteiger partial charge in [0, 0.05) is 11.6 Å². The molecule has 0 fully saturated rings. The predicted octanol–water partition coefficient (Wildman–Crippen LogP) is 4.35. The second kappa shape index (κ2) is 5.23. The first kappa shape index (κ1) is 14.0. The van der Waals surface area contributed by atoms with Gasteiger partial charge >= 0.3 is 5.97 Å². The lowest BCUT2D eigenvalue weighted by Gasteiger charge is -2.37. The number of fused-ring (bicyclic) bond motifs is 3. The normalized spacial score (nSPS) is 24.7. The minimum absolute atomic E-state index is 0.0221. The summed E-state index contributed by atoms with van der Waals surface area (Å²) in [4.78, 5) is 11.2. The van der Waals surface area contributed by atoms with Gasteiger partial charge in [0.2, 0.25) is 0 Å². The maximum Gasteiger partial charge on any atom is 0.335 e. The molecule has 1 aliphatic carbocycles. The Morgan fingerprint density at radius 3 is 2.87 bits per heavy atom. The number of nitrogens with one attached hydrogen (secondary N) is 1. The van der Waals surface area contributed by atoms with E-state index >= 15 is 0 Å². The Labute approximate surface area is 133 Å². The third-order valence-corrected chi connectivity index (χ3v) is 4.82. The van der Waals surface area contributed by atoms with E-state index in [9.17, 15) is 14.3 Å². The van der Waals surface area contributed by atoms with Gasteiger partial charge in [-0.2, -0.15) is 0 Å². The van der Waals surface area contributed by atoms with Gasteiger partial charge in [-0.25, -0.2) is 9.18 Å². The van der Waals surface area contributed by atoms with Crippen LogP contribution in [0.15, 0.2) is 54.6 Å². The minimum atomic E-state index is -0.918. The molecule has 23 heavy (non-hydrogen) atoms. The van der Waals surface area contributed by atoms with Crippen LogP contribution in [0, 0.1) is 11.7 Å². The molecule has 0 saturated carbocycles. The number of benzene rings is 2. The summed E-state index contributed by atoms with van der Waals surface area (Å²) in [5, 5.41) is 12.7. The van der Waals surface area contributed by atoms with E-state index in [1.54, 1.807) is 24.3 Å². The number of anilines is 1. The summed E-state index contributed by atoms with van der Waals surface area (Å²) in [6.07, 6.45) is 5.17. The largest absolute Gasteiger partial charge is 0.478 e. The number of carbonyl (C=O) groups is 1. The molecule has 1 heterocycles. The van der Waals surface area contributed by atoms with Gasteiger partial charge in [0.25, 0.3) is 0 Å². The Morgan fingerprint density at radius 1 is 1.22 bits per heavy atom. The first-order valence-corrected chi connectivity index (χ1v) is 7.69. The van der Waals surface area contributed by atoms with Gasteiger partial charge in [0.05, 0.1) is 11.6 Å². The summed E-state index contributed by atoms with van der Waals surface area (Å²) in [6.45, 7) is 0. The average molecular weight is 309 g/mol. The highest BCUT2D eigenvalue weighted by molar-refractivity contribution is 5.89. The number of carboxylic acid groups (broad SMARTS) is 1. The van der Waals surface area contributed by atoms with E-state index in [1.807, 2.05) is 12.1 Å². The second-order valence-electron chi connectivity index (χ2n) is 6.14. The first-order chi connectivity index (χ1) is 11.1. The van der Waals surface area contributed by atoms with Crippen molar-refractivity contribution in [3.8, 4) is 0 Å². The van der Waals surface area contributed by atoms with Crippen LogP contribution in [0.25, 0.3) is 0 Å². The Kier molecular flexibility index (Phi) is 3.18. The van der Waals surface area contributed by atoms with E-state index in [2.05, 4.69) is 17.5 Å². The zero-order chi connectivity index (χ0) is 16.0. The van der Waals surface area contributed by atoms with Gasteiger partial charge < -0.3 is 10.4 Å². The zero-order valence-corrected chi connectivity index (χ0v) is 12.4. The molecule has 0 saturated heterocycles. The number of allylic oxidation sites excluding steroid dienone is 2. The Balaban J connectivity index is 1.79. The van der Waals surface area contributed by atoms with Crippen LogP contribution >= 0.6 is 0 Å². The van der Waals surface area contributed by atoms with Crippen molar-refractivity contribution >= 4 is 11.7 Å². The minimum Gasteiger partial charge on any atom is -0.478 e. The van der Waals surface area contributed by atoms with Crippen molar-refractivity contribution in [2.45, 2.75) is 18.4 Å². The van der Waals surface area contributed by atoms with Gasteiger partial charge in [-0.05, 0) is 53.8 Å². The van der Waals surface area contributed by atoms with Crippen molar-refractivity contribution in [3.63, 3.8) is 0 Å². The van der Waals surface area contributed by atoms with Gasteiger partial charge in [0.1, 0.15) is 5.82 Å². The van der Waals surface area contributed by atoms with Crippen molar-refractivity contribution in [2.24, 2.45) is 5.92 Å². The molecule has 3 nitrogen and oxygen atoms in total. The lowest BCUT2D eigenvalue weighted by atomic mass is 9.76. The monoisotopic (exact) mass is 309 g/mol. The van der Waals surface area contributed by atoms with Crippen LogP contribution in [-0.4, -0.2) is 11.1 Å². The fourth-order valence-electron chi connectivity index (χ4n) is 3.76. The SMILES string of the molecule is O=C(O)c1ccc2c(c1)[C@H]1C=CC[C@H]1[C@H](c1cccc(F)c1)N2. The molecular formula is C19H16FNO2. The standard InChI is InChI=1S/C19H16FNO2/c20-13-4-1-3-11(9-13)18-15-6-2-5-14(15)16-10-12(19(22)23)7-8-17(16)21-18/h1-5,7-10,14-15,18,21H,6H2,(H,22,23)/t14-,15+,18-/m0/s1. The molecule has 2 N–H and O–H groups in total. The van der Waals surface area contributed by atoms with Crippen molar-refractivity contribution in [1.29, 1.82) is 0 Å². The van der Waals surface area contributed by atoms with Crippen LogP contribution < -0.4 is 5.32 Å². The topological polar surface area (TPSA) is 49.3 Å². The average Bonchev–Trinajstić information content (AvgIpc) is 3.03. The summed E-state index contributed by atoms with van der Waals surface area (Å²) < 4.78 is 13.6. The van der Waals surface area contributed by atoms with Crippen molar-refractivity contribution in [2.75, 3.05) is 5.32 Å². The summed E-state index contributed by atoms with van der Waals surface area (Å²) in [6, 6.07) is 11.9. The van der Waals surface area contributed by atoms with E-state index < -0.39 is 5.97 Å². The highest BCUT2D eigenvalue weighted by Gasteiger charge is 2.38. The van der Waals surface area contributed by atoms with Gasteiger partial charge in [0.15, 0.2) is 0 Å². The smallest absolute Gasteiger partial charge is 0.335 e. The van der Waals surface area contributed by atoms with E-state index in [4.69, 9.17) is 0 Å². The highest BCUT2D eigenvalue weighted by atomic mass is 19.1. The summed E-state index contributed by atoms with van der Waals surface area (Å²) in [7, 11) is 0. The van der Waals surface area contributed by atoms with Crippen molar-refractivity contribution < 1.29 is 14.3 Å². The van der Waals surface area contributed by atoms with Gasteiger partial charge in [-0.15, -0.1) is 0 Å². The summed E-state index contributed by atoms with van der Waals surface area (Å²) in [5.74, 6) is -0.718. The molecule has 0 spiro atoms. The van der Waals surface area contributed by atoms with Crippen LogP contribution in [0.4, 0.5) is 10.1 Å². The molecule has 0 amide bonds. The van der Waals surface area contributed by atoms with Crippen LogP contribution in [0.2, 0.25) is 0 Å². The fraction of sp³-hybridized carbons (Fsp3) is 0.211. The van der Waals surface area contributed by atoms with Crippen LogP contribution in [0.3, 0.4) is 0 Å². The lowest BCUT2D eigenvalue weighted by molar-refractivity contribution is 0.0696. The molecular weight excluding hydrogens is 293 g/mol. The number of carboxylic acids is 1. The molecule has 4 heteroatoms. The molecule has 2 aliphatic rings. The van der Waals surface area contributed by atoms with Crippen molar-refractivity contribution in [3.05, 3.63) is 77.1 Å². The van der Waals surface area contributed by atoms with E-state index in [1.165, 1.54) is 6.07 Å². The molecule has 0 unspecified atom stereocenters. The Morgan fingerprint density at radius 2 is 2.09 bits per heavy atom. The Bertz CT molecular complexity index is 815. The first-order valence-electron chi connectivity index (χ1n) is 7.69. The quantitative estimate of drug-likeness (QED) is 0.811. The molecule has 4 rings (SSSR count). The van der Waals surface area contributed by atoms with E-state index in [0.29, 0.717) is 5.56 Å². The molecule has 0 radical (unpaired) electrons. The van der Waals surface area contributed by atoms with E-state index in [0.717, 1.165) is 23.2 Å². The van der Waals surface area contributed by atoms with E-state index in [-0.39, 0.29) is 23.7 Å². The molecule has 3 atom stereocenters. The molecule has 0 aromatic heterocycles. The fourth-order valence-corrected chi connectivity index (χ4v) is 3.76. The molecule has 2 aromatic rings. The number of hydrogen-bond acceptors (Lipinski definition) is 2. The molecule has 116 valence electrons. The molecule has 2 aromatic carbocycles. The number of aromatic carboxylic acids is 1. The van der Waals surface area contributed by atoms with Crippen LogP contribution in [0.1, 0.15) is 39.9 Å². The lowest BCUT2D eigenvalue weighted by Crippen LogP contribution is -2.29. The third-order valence-electron chi connectivity index (χ3n) is 4.82. The third kappa shape index (κ3) is 2.31. The summed E-state index contributed by atoms with van der Waals surface area (Å²) >= 11 is 0. The highest BCUT2D eigenvalue weighted by Crippen LogP contribution is 2.49. The number of halogens is 1. The van der Waals surface area contributed by atoms with Crippen LogP contribution in [0.5, 0.6) is 0 Å². The predicted molar refractivity (Wildman–Crippen MR) is 86.2 cm³/mol.